The van der Waals surface area contributed by atoms with Crippen LogP contribution in [0.4, 0.5) is 5.00 Å². The van der Waals surface area contributed by atoms with Crippen molar-refractivity contribution in [3.63, 3.8) is 0 Å². The van der Waals surface area contributed by atoms with E-state index in [1.807, 2.05) is 13.0 Å². The lowest BCUT2D eigenvalue weighted by Crippen LogP contribution is -1.82. The summed E-state index contributed by atoms with van der Waals surface area (Å²) in [5, 5.41) is 2.75. The molecule has 0 bridgehead atoms. The van der Waals surface area contributed by atoms with Crippen LogP contribution in [0.3, 0.4) is 0 Å². The van der Waals surface area contributed by atoms with Gasteiger partial charge in [-0.25, -0.2) is 4.98 Å². The number of nitrogen functional groups attached to an aromatic ring is 1. The predicted molar refractivity (Wildman–Crippen MR) is 66.7 cm³/mol. The van der Waals surface area contributed by atoms with Crippen molar-refractivity contribution in [2.45, 2.75) is 6.92 Å². The third kappa shape index (κ3) is 2.09. The number of benzene rings is 1. The maximum absolute atomic E-state index is 6.07. The molecule has 0 atom stereocenters. The van der Waals surface area contributed by atoms with Crippen LogP contribution in [-0.2, 0) is 0 Å². The molecule has 1 aromatic carbocycles. The molecule has 1 heterocycles. The number of thiazole rings is 1. The minimum absolute atomic E-state index is 0.594. The number of nitrogens with zero attached hydrogens (tertiary/aromatic N) is 1. The molecule has 0 unspecified atom stereocenters. The number of rotatable bonds is 1. The molecule has 0 fully saturated rings. The zero-order valence-electron chi connectivity index (χ0n) is 7.92. The number of nitrogens with two attached hydrogens (primary N) is 1. The van der Waals surface area contributed by atoms with E-state index in [1.54, 1.807) is 12.1 Å². The Kier molecular flexibility index (Phi) is 2.87. The van der Waals surface area contributed by atoms with Crippen LogP contribution in [0.2, 0.25) is 10.0 Å². The second-order valence-corrected chi connectivity index (χ2v) is 4.97. The summed E-state index contributed by atoms with van der Waals surface area (Å²) in [6.45, 7) is 1.87. The number of halogens is 2. The average molecular weight is 259 g/mol. The fraction of sp³-hybridized carbons (Fsp3) is 0.100. The van der Waals surface area contributed by atoms with Crippen molar-refractivity contribution in [3.8, 4) is 10.6 Å². The molecule has 1 aromatic heterocycles. The maximum Gasteiger partial charge on any atom is 0.127 e. The quantitative estimate of drug-likeness (QED) is 0.840. The minimum atomic E-state index is 0.594. The lowest BCUT2D eigenvalue weighted by atomic mass is 10.2. The van der Waals surface area contributed by atoms with Crippen molar-refractivity contribution in [1.29, 1.82) is 0 Å². The van der Waals surface area contributed by atoms with Gasteiger partial charge >= 0.3 is 0 Å². The Morgan fingerprint density at radius 2 is 2.07 bits per heavy atom. The number of hydrogen-bond donors (Lipinski definition) is 1. The van der Waals surface area contributed by atoms with Crippen molar-refractivity contribution in [2.24, 2.45) is 0 Å². The third-order valence-electron chi connectivity index (χ3n) is 1.99. The van der Waals surface area contributed by atoms with Gasteiger partial charge in [-0.3, -0.25) is 0 Å². The highest BCUT2D eigenvalue weighted by atomic mass is 35.5. The Balaban J connectivity index is 2.54. The van der Waals surface area contributed by atoms with Crippen LogP contribution >= 0.6 is 34.5 Å². The van der Waals surface area contributed by atoms with Crippen LogP contribution < -0.4 is 5.73 Å². The van der Waals surface area contributed by atoms with Crippen LogP contribution in [-0.4, -0.2) is 4.98 Å². The summed E-state index contributed by atoms with van der Waals surface area (Å²) in [5.74, 6) is 0. The van der Waals surface area contributed by atoms with Crippen molar-refractivity contribution in [2.75, 3.05) is 5.73 Å². The van der Waals surface area contributed by atoms with E-state index in [4.69, 9.17) is 28.9 Å². The zero-order valence-corrected chi connectivity index (χ0v) is 10.2. The largest absolute Gasteiger partial charge is 0.389 e. The fourth-order valence-electron chi connectivity index (χ4n) is 1.19. The lowest BCUT2D eigenvalue weighted by molar-refractivity contribution is 1.27. The molecule has 5 heteroatoms. The van der Waals surface area contributed by atoms with Gasteiger partial charge in [0.15, 0.2) is 0 Å². The normalized spacial score (nSPS) is 10.6. The molecule has 0 saturated heterocycles. The second kappa shape index (κ2) is 4.00. The first-order valence-electron chi connectivity index (χ1n) is 4.26. The molecule has 0 spiro atoms. The summed E-state index contributed by atoms with van der Waals surface area (Å²) < 4.78 is 0. The van der Waals surface area contributed by atoms with E-state index in [1.165, 1.54) is 11.3 Å². The van der Waals surface area contributed by atoms with E-state index in [0.29, 0.717) is 10.0 Å². The fourth-order valence-corrected chi connectivity index (χ4v) is 2.61. The molecule has 0 amide bonds. The highest BCUT2D eigenvalue weighted by Gasteiger charge is 2.10. The van der Waals surface area contributed by atoms with E-state index in [2.05, 4.69) is 4.98 Å². The molecule has 78 valence electrons. The van der Waals surface area contributed by atoms with Gasteiger partial charge in [-0.05, 0) is 25.1 Å². The summed E-state index contributed by atoms with van der Waals surface area (Å²) in [6, 6.07) is 5.34. The van der Waals surface area contributed by atoms with E-state index in [-0.39, 0.29) is 0 Å². The standard InChI is InChI=1S/C10H8Cl2N2S/c1-5-9(13)15-10(14-5)7-3-2-6(11)4-8(7)12/h2-4H,13H2,1H3. The molecular formula is C10H8Cl2N2S. The highest BCUT2D eigenvalue weighted by molar-refractivity contribution is 7.19. The van der Waals surface area contributed by atoms with Gasteiger partial charge in [0, 0.05) is 10.6 Å². The third-order valence-corrected chi connectivity index (χ3v) is 3.56. The van der Waals surface area contributed by atoms with Gasteiger partial charge in [-0.1, -0.05) is 34.5 Å². The summed E-state index contributed by atoms with van der Waals surface area (Å²) in [6.07, 6.45) is 0. The Labute approximate surface area is 102 Å². The molecule has 0 aliphatic heterocycles. The summed E-state index contributed by atoms with van der Waals surface area (Å²) in [4.78, 5) is 4.34. The predicted octanol–water partition coefficient (Wildman–Crippen LogP) is 4.01. The van der Waals surface area contributed by atoms with Crippen LogP contribution in [0.25, 0.3) is 10.6 Å². The Bertz CT molecular complexity index is 489. The molecule has 2 nitrogen and oxygen atoms in total. The first-order chi connectivity index (χ1) is 7.08. The Hall–Kier alpha value is -0.770. The van der Waals surface area contributed by atoms with Crippen molar-refractivity contribution in [3.05, 3.63) is 33.9 Å². The highest BCUT2D eigenvalue weighted by Crippen LogP contribution is 2.35. The molecule has 0 aliphatic rings. The van der Waals surface area contributed by atoms with Crippen LogP contribution in [0, 0.1) is 6.92 Å². The molecule has 2 N–H and O–H groups in total. The number of aryl methyl sites for hydroxylation is 1. The summed E-state index contributed by atoms with van der Waals surface area (Å²) in [5.41, 5.74) is 7.45. The molecule has 15 heavy (non-hydrogen) atoms. The number of hydrogen-bond acceptors (Lipinski definition) is 3. The van der Waals surface area contributed by atoms with Crippen molar-refractivity contribution in [1.82, 2.24) is 4.98 Å². The molecule has 0 saturated carbocycles. The van der Waals surface area contributed by atoms with E-state index in [0.717, 1.165) is 21.3 Å². The van der Waals surface area contributed by atoms with Crippen molar-refractivity contribution < 1.29 is 0 Å². The van der Waals surface area contributed by atoms with Gasteiger partial charge in [-0.2, -0.15) is 0 Å². The average Bonchev–Trinajstić information content (AvgIpc) is 2.46. The first kappa shape index (κ1) is 10.7. The molecule has 0 radical (unpaired) electrons. The van der Waals surface area contributed by atoms with Crippen molar-refractivity contribution >= 4 is 39.5 Å². The van der Waals surface area contributed by atoms with Crippen LogP contribution in [0.1, 0.15) is 5.69 Å². The molecule has 0 aliphatic carbocycles. The smallest absolute Gasteiger partial charge is 0.127 e. The summed E-state index contributed by atoms with van der Waals surface area (Å²) in [7, 11) is 0. The summed E-state index contributed by atoms with van der Waals surface area (Å²) >= 11 is 13.3. The van der Waals surface area contributed by atoms with Gasteiger partial charge in [-0.15, -0.1) is 0 Å². The van der Waals surface area contributed by atoms with E-state index >= 15 is 0 Å². The maximum atomic E-state index is 6.07. The van der Waals surface area contributed by atoms with Crippen LogP contribution in [0.5, 0.6) is 0 Å². The monoisotopic (exact) mass is 258 g/mol. The first-order valence-corrected chi connectivity index (χ1v) is 5.83. The SMILES string of the molecule is Cc1nc(-c2ccc(Cl)cc2Cl)sc1N. The van der Waals surface area contributed by atoms with Gasteiger partial charge in [0.2, 0.25) is 0 Å². The lowest BCUT2D eigenvalue weighted by Gasteiger charge is -1.99. The van der Waals surface area contributed by atoms with Gasteiger partial charge in [0.25, 0.3) is 0 Å². The molecule has 2 aromatic rings. The van der Waals surface area contributed by atoms with E-state index < -0.39 is 0 Å². The Morgan fingerprint density at radius 3 is 2.60 bits per heavy atom. The van der Waals surface area contributed by atoms with Gasteiger partial charge in [0.1, 0.15) is 10.0 Å². The molecule has 2 rings (SSSR count). The zero-order chi connectivity index (χ0) is 11.0. The van der Waals surface area contributed by atoms with E-state index in [9.17, 15) is 0 Å². The minimum Gasteiger partial charge on any atom is -0.389 e. The molecular weight excluding hydrogens is 251 g/mol. The topological polar surface area (TPSA) is 38.9 Å². The number of anilines is 1. The number of aromatic nitrogens is 1. The Morgan fingerprint density at radius 1 is 1.33 bits per heavy atom. The van der Waals surface area contributed by atoms with Gasteiger partial charge in [0.05, 0.1) is 10.7 Å². The van der Waals surface area contributed by atoms with Crippen LogP contribution in [0.15, 0.2) is 18.2 Å². The second-order valence-electron chi connectivity index (χ2n) is 3.09. The van der Waals surface area contributed by atoms with Gasteiger partial charge < -0.3 is 5.73 Å².